The van der Waals surface area contributed by atoms with Gasteiger partial charge in [0, 0.05) is 48.1 Å². The van der Waals surface area contributed by atoms with Gasteiger partial charge in [-0.05, 0) is 64.8 Å². The van der Waals surface area contributed by atoms with Crippen molar-refractivity contribution >= 4 is 74.1 Å². The fraction of sp³-hybridized carbons (Fsp3) is 0.344. The molecule has 2 aliphatic heterocycles. The van der Waals surface area contributed by atoms with E-state index in [0.29, 0.717) is 33.3 Å². The second-order valence-corrected chi connectivity index (χ2v) is 14.4. The van der Waals surface area contributed by atoms with E-state index in [0.717, 1.165) is 42.2 Å². The number of benzene rings is 2. The molecule has 0 unspecified atom stereocenters. The number of nitrogens with zero attached hydrogens (tertiary/aromatic N) is 5. The van der Waals surface area contributed by atoms with E-state index in [1.165, 1.54) is 18.3 Å². The zero-order chi connectivity index (χ0) is 32.7. The third-order valence-electron chi connectivity index (χ3n) is 8.42. The predicted molar refractivity (Wildman–Crippen MR) is 185 cm³/mol. The number of nitrogens with one attached hydrogen (secondary N) is 4. The van der Waals surface area contributed by atoms with E-state index in [1.807, 2.05) is 18.5 Å². The summed E-state index contributed by atoms with van der Waals surface area (Å²) in [5.41, 5.74) is 12.3. The number of hydrogen-bond acceptors (Lipinski definition) is 10. The summed E-state index contributed by atoms with van der Waals surface area (Å²) in [4.78, 5) is 12.5. The van der Waals surface area contributed by atoms with Gasteiger partial charge in [-0.2, -0.15) is 5.26 Å². The van der Waals surface area contributed by atoms with Gasteiger partial charge < -0.3 is 16.1 Å². The molecule has 240 valence electrons. The van der Waals surface area contributed by atoms with Crippen molar-refractivity contribution in [2.75, 3.05) is 23.7 Å². The highest BCUT2D eigenvalue weighted by Crippen LogP contribution is 2.39. The summed E-state index contributed by atoms with van der Waals surface area (Å²) in [6.07, 6.45) is 5.60. The van der Waals surface area contributed by atoms with Crippen molar-refractivity contribution in [3.05, 3.63) is 84.9 Å². The summed E-state index contributed by atoms with van der Waals surface area (Å²) >= 11 is 20.4. The molecule has 2 aromatic heterocycles. The lowest BCUT2D eigenvalue weighted by Gasteiger charge is -2.42. The van der Waals surface area contributed by atoms with Gasteiger partial charge in [-0.15, -0.1) is 16.9 Å². The minimum absolute atomic E-state index is 0.0610. The van der Waals surface area contributed by atoms with Crippen LogP contribution >= 0.6 is 46.1 Å². The Morgan fingerprint density at radius 1 is 1.13 bits per heavy atom. The molecule has 0 bridgehead atoms. The molecule has 0 radical (unpaired) electrons. The summed E-state index contributed by atoms with van der Waals surface area (Å²) in [5.74, 6) is -0.732. The van der Waals surface area contributed by atoms with Gasteiger partial charge >= 0.3 is 0 Å². The molecule has 2 aliphatic rings. The van der Waals surface area contributed by atoms with E-state index in [2.05, 4.69) is 74.5 Å². The molecule has 1 atom stereocenters. The SMILES string of the molecule is Cc1ncsc1[C@H](Nc1cc(Cl)c2ncc(C#N)c(Nc3ccc(Cl)c(Cl)c3F)c2c1)C1=CN(C2CCN(C(C)(C)C)CC2)NN1. The molecule has 0 spiro atoms. The van der Waals surface area contributed by atoms with Crippen LogP contribution in [-0.2, 0) is 0 Å². The Bertz CT molecular complexity index is 1860. The Morgan fingerprint density at radius 2 is 1.89 bits per heavy atom. The maximum absolute atomic E-state index is 15.1. The standard InChI is InChI=1S/C32H33Cl3FN9S/c1-17-31(46-16-39-17)30(25-15-45(43-42-25)20-7-9-44(10-8-20)32(2,3)4)40-19-11-21-28(18(13-37)14-38-29(21)23(34)12-19)41-24-6-5-22(33)26(35)27(24)36/h5-6,11-12,14-16,20,30,40,42-43H,7-10H2,1-4H3,(H,38,41)/t30-/m1/s1. The van der Waals surface area contributed by atoms with Crippen molar-refractivity contribution < 1.29 is 4.39 Å². The maximum Gasteiger partial charge on any atom is 0.166 e. The molecule has 9 nitrogen and oxygen atoms in total. The molecule has 0 amide bonds. The number of halogens is 4. The second-order valence-electron chi connectivity index (χ2n) is 12.4. The van der Waals surface area contributed by atoms with Crippen LogP contribution in [0.4, 0.5) is 21.5 Å². The molecule has 0 aliphatic carbocycles. The zero-order valence-corrected chi connectivity index (χ0v) is 28.8. The first kappa shape index (κ1) is 32.6. The van der Waals surface area contributed by atoms with E-state index in [9.17, 15) is 5.26 Å². The summed E-state index contributed by atoms with van der Waals surface area (Å²) in [7, 11) is 0. The van der Waals surface area contributed by atoms with Crippen molar-refractivity contribution in [1.82, 2.24) is 30.8 Å². The number of anilines is 3. The highest BCUT2D eigenvalue weighted by Gasteiger charge is 2.33. The number of hydrogen-bond donors (Lipinski definition) is 4. The van der Waals surface area contributed by atoms with Gasteiger partial charge in [0.2, 0.25) is 0 Å². The van der Waals surface area contributed by atoms with Gasteiger partial charge in [-0.1, -0.05) is 34.8 Å². The van der Waals surface area contributed by atoms with E-state index < -0.39 is 5.82 Å². The molecule has 0 saturated carbocycles. The van der Waals surface area contributed by atoms with Crippen LogP contribution in [-0.4, -0.2) is 44.5 Å². The maximum atomic E-state index is 15.1. The number of pyridine rings is 1. The molecule has 4 N–H and O–H groups in total. The van der Waals surface area contributed by atoms with Crippen molar-refractivity contribution in [3.63, 3.8) is 0 Å². The minimum atomic E-state index is -0.732. The van der Waals surface area contributed by atoms with E-state index in [1.54, 1.807) is 17.4 Å². The molecule has 14 heteroatoms. The molecule has 6 rings (SSSR count). The third kappa shape index (κ3) is 6.43. The zero-order valence-electron chi connectivity index (χ0n) is 25.7. The molecule has 4 aromatic rings. The number of fused-ring (bicyclic) bond motifs is 1. The highest BCUT2D eigenvalue weighted by molar-refractivity contribution is 7.09. The molecule has 2 aromatic carbocycles. The van der Waals surface area contributed by atoms with Gasteiger partial charge in [-0.3, -0.25) is 14.9 Å². The first-order valence-corrected chi connectivity index (χ1v) is 16.8. The van der Waals surface area contributed by atoms with Gasteiger partial charge in [0.1, 0.15) is 12.1 Å². The monoisotopic (exact) mass is 699 g/mol. The highest BCUT2D eigenvalue weighted by atomic mass is 35.5. The van der Waals surface area contributed by atoms with Crippen LogP contribution < -0.4 is 21.6 Å². The largest absolute Gasteiger partial charge is 0.372 e. The molecular weight excluding hydrogens is 668 g/mol. The first-order chi connectivity index (χ1) is 21.9. The van der Waals surface area contributed by atoms with Crippen molar-refractivity contribution in [2.24, 2.45) is 0 Å². The first-order valence-electron chi connectivity index (χ1n) is 14.8. The summed E-state index contributed by atoms with van der Waals surface area (Å²) in [6, 6.07) is 8.77. The van der Waals surface area contributed by atoms with Crippen LogP contribution in [0.1, 0.15) is 55.8 Å². The predicted octanol–water partition coefficient (Wildman–Crippen LogP) is 8.30. The summed E-state index contributed by atoms with van der Waals surface area (Å²) in [6.45, 7) is 10.8. The van der Waals surface area contributed by atoms with Crippen LogP contribution in [0.3, 0.4) is 0 Å². The lowest BCUT2D eigenvalue weighted by Crippen LogP contribution is -2.52. The van der Waals surface area contributed by atoms with Gasteiger partial charge in [0.15, 0.2) is 5.82 Å². The number of rotatable bonds is 7. The minimum Gasteiger partial charge on any atom is -0.372 e. The lowest BCUT2D eigenvalue weighted by molar-refractivity contribution is 0.0570. The fourth-order valence-corrected chi connectivity index (χ4v) is 7.31. The molecule has 1 fully saturated rings. The Labute approximate surface area is 286 Å². The van der Waals surface area contributed by atoms with E-state index in [4.69, 9.17) is 34.8 Å². The van der Waals surface area contributed by atoms with Crippen LogP contribution in [0.5, 0.6) is 0 Å². The third-order valence-corrected chi connectivity index (χ3v) is 10.5. The molecule has 46 heavy (non-hydrogen) atoms. The number of nitriles is 1. The Morgan fingerprint density at radius 3 is 2.57 bits per heavy atom. The molecule has 1 saturated heterocycles. The fourth-order valence-electron chi connectivity index (χ4n) is 5.86. The Kier molecular flexibility index (Phi) is 9.22. The average molecular weight is 701 g/mol. The lowest BCUT2D eigenvalue weighted by atomic mass is 9.98. The van der Waals surface area contributed by atoms with Crippen LogP contribution in [0.2, 0.25) is 15.1 Å². The Hall–Kier alpha value is -3.37. The van der Waals surface area contributed by atoms with Crippen LogP contribution in [0.15, 0.2) is 47.9 Å². The number of piperidine rings is 1. The average Bonchev–Trinajstić information content (AvgIpc) is 3.69. The quantitative estimate of drug-likeness (QED) is 0.142. The summed E-state index contributed by atoms with van der Waals surface area (Å²) in [5, 5.41) is 19.5. The summed E-state index contributed by atoms with van der Waals surface area (Å²) < 4.78 is 15.1. The smallest absolute Gasteiger partial charge is 0.166 e. The molecule has 4 heterocycles. The van der Waals surface area contributed by atoms with Gasteiger partial charge in [0.05, 0.1) is 59.3 Å². The van der Waals surface area contributed by atoms with E-state index >= 15 is 4.39 Å². The van der Waals surface area contributed by atoms with Crippen LogP contribution in [0, 0.1) is 24.1 Å². The molecular formula is C32H33Cl3FN9S. The number of likely N-dealkylation sites (tertiary alicyclic amines) is 1. The normalized spacial score (nSPS) is 16.7. The van der Waals surface area contributed by atoms with E-state index in [-0.39, 0.29) is 32.9 Å². The number of thiazole rings is 1. The topological polar surface area (TPSA) is 104 Å². The number of hydrazine groups is 2. The van der Waals surface area contributed by atoms with Gasteiger partial charge in [-0.25, -0.2) is 9.37 Å². The number of aromatic nitrogens is 2. The second kappa shape index (κ2) is 13.0. The van der Waals surface area contributed by atoms with Crippen molar-refractivity contribution in [2.45, 2.75) is 58.2 Å². The van der Waals surface area contributed by atoms with Crippen molar-refractivity contribution in [3.8, 4) is 6.07 Å². The Balaban J connectivity index is 1.34. The number of aryl methyl sites for hydroxylation is 1. The van der Waals surface area contributed by atoms with Gasteiger partial charge in [0.25, 0.3) is 0 Å². The van der Waals surface area contributed by atoms with Crippen LogP contribution in [0.25, 0.3) is 10.9 Å². The van der Waals surface area contributed by atoms with Crippen molar-refractivity contribution in [1.29, 1.82) is 5.26 Å².